The molecule has 0 radical (unpaired) electrons. The van der Waals surface area contributed by atoms with E-state index >= 15 is 0 Å². The number of aromatic nitrogens is 1. The van der Waals surface area contributed by atoms with Gasteiger partial charge in [0.05, 0.1) is 0 Å². The number of aryl methyl sites for hydroxylation is 2. The summed E-state index contributed by atoms with van der Waals surface area (Å²) in [6, 6.07) is 10.3. The molecule has 2 aromatic rings. The maximum Gasteiger partial charge on any atom is 0.222 e. The molecular formula is C17H22N2O. The van der Waals surface area contributed by atoms with E-state index in [4.69, 9.17) is 4.74 Å². The predicted octanol–water partition coefficient (Wildman–Crippen LogP) is 3.85. The average molecular weight is 270 g/mol. The molecule has 1 N–H and O–H groups in total. The van der Waals surface area contributed by atoms with Crippen molar-refractivity contribution in [2.45, 2.75) is 33.2 Å². The van der Waals surface area contributed by atoms with E-state index in [1.165, 1.54) is 5.56 Å². The normalized spacial score (nSPS) is 10.6. The highest BCUT2D eigenvalue weighted by Gasteiger charge is 2.04. The summed E-state index contributed by atoms with van der Waals surface area (Å²) in [7, 11) is 1.93. The van der Waals surface area contributed by atoms with Gasteiger partial charge in [0.1, 0.15) is 5.75 Å². The van der Waals surface area contributed by atoms with E-state index in [1.807, 2.05) is 32.3 Å². The summed E-state index contributed by atoms with van der Waals surface area (Å²) < 4.78 is 5.84. The lowest BCUT2D eigenvalue weighted by Gasteiger charge is -2.09. The summed E-state index contributed by atoms with van der Waals surface area (Å²) in [5.74, 6) is 1.51. The van der Waals surface area contributed by atoms with Gasteiger partial charge >= 0.3 is 0 Å². The summed E-state index contributed by atoms with van der Waals surface area (Å²) >= 11 is 0. The van der Waals surface area contributed by atoms with Gasteiger partial charge in [0.15, 0.2) is 0 Å². The van der Waals surface area contributed by atoms with Crippen LogP contribution in [0.3, 0.4) is 0 Å². The Labute approximate surface area is 121 Å². The van der Waals surface area contributed by atoms with E-state index in [2.05, 4.69) is 35.4 Å². The van der Waals surface area contributed by atoms with Gasteiger partial charge in [-0.2, -0.15) is 0 Å². The van der Waals surface area contributed by atoms with Crippen molar-refractivity contribution in [3.05, 3.63) is 53.2 Å². The molecule has 0 bridgehead atoms. The Bertz CT molecular complexity index is 549. The van der Waals surface area contributed by atoms with Crippen LogP contribution >= 0.6 is 0 Å². The van der Waals surface area contributed by atoms with Crippen molar-refractivity contribution >= 4 is 0 Å². The van der Waals surface area contributed by atoms with E-state index in [0.717, 1.165) is 36.3 Å². The topological polar surface area (TPSA) is 34.1 Å². The highest BCUT2D eigenvalue weighted by molar-refractivity contribution is 5.35. The first-order valence-electron chi connectivity index (χ1n) is 7.10. The molecule has 0 aliphatic carbocycles. The Morgan fingerprint density at radius 2 is 1.90 bits per heavy atom. The van der Waals surface area contributed by atoms with Gasteiger partial charge in [-0.3, -0.25) is 0 Å². The first-order valence-corrected chi connectivity index (χ1v) is 7.10. The minimum Gasteiger partial charge on any atom is -0.439 e. The van der Waals surface area contributed by atoms with Crippen LogP contribution in [0.4, 0.5) is 0 Å². The van der Waals surface area contributed by atoms with Crippen LogP contribution in [0.15, 0.2) is 36.5 Å². The molecule has 0 unspecified atom stereocenters. The van der Waals surface area contributed by atoms with Gasteiger partial charge in [0.2, 0.25) is 5.88 Å². The Hall–Kier alpha value is -1.87. The molecule has 3 nitrogen and oxygen atoms in total. The molecule has 1 heterocycles. The Morgan fingerprint density at radius 1 is 1.15 bits per heavy atom. The summed E-state index contributed by atoms with van der Waals surface area (Å²) in [6.45, 7) is 5.02. The monoisotopic (exact) mass is 270 g/mol. The maximum atomic E-state index is 5.84. The van der Waals surface area contributed by atoms with Gasteiger partial charge < -0.3 is 10.1 Å². The molecule has 0 fully saturated rings. The summed E-state index contributed by atoms with van der Waals surface area (Å²) in [5, 5.41) is 3.12. The quantitative estimate of drug-likeness (QED) is 0.865. The Balaban J connectivity index is 2.09. The van der Waals surface area contributed by atoms with Crippen molar-refractivity contribution in [2.24, 2.45) is 0 Å². The molecule has 1 aromatic heterocycles. The second-order valence-corrected chi connectivity index (χ2v) is 4.99. The lowest BCUT2D eigenvalue weighted by molar-refractivity contribution is 0.458. The summed E-state index contributed by atoms with van der Waals surface area (Å²) in [6.07, 6.45) is 4.12. The van der Waals surface area contributed by atoms with Gasteiger partial charge in [-0.05, 0) is 49.7 Å². The highest BCUT2D eigenvalue weighted by atomic mass is 16.5. The summed E-state index contributed by atoms with van der Waals surface area (Å²) in [5.41, 5.74) is 3.56. The second kappa shape index (κ2) is 7.06. The van der Waals surface area contributed by atoms with Crippen molar-refractivity contribution < 1.29 is 4.74 Å². The van der Waals surface area contributed by atoms with Crippen LogP contribution < -0.4 is 10.1 Å². The molecule has 0 saturated heterocycles. The number of pyridine rings is 1. The van der Waals surface area contributed by atoms with Gasteiger partial charge in [-0.15, -0.1) is 0 Å². The van der Waals surface area contributed by atoms with Crippen LogP contribution in [0.2, 0.25) is 0 Å². The Morgan fingerprint density at radius 3 is 2.50 bits per heavy atom. The SMILES string of the molecule is CCCc1ccc(Oc2ncc(CNC)cc2C)cc1. The van der Waals surface area contributed by atoms with Crippen LogP contribution in [0.1, 0.15) is 30.0 Å². The van der Waals surface area contributed by atoms with Crippen molar-refractivity contribution in [3.8, 4) is 11.6 Å². The lowest BCUT2D eigenvalue weighted by atomic mass is 10.1. The third-order valence-corrected chi connectivity index (χ3v) is 3.14. The molecular weight excluding hydrogens is 248 g/mol. The van der Waals surface area contributed by atoms with E-state index in [1.54, 1.807) is 0 Å². The lowest BCUT2D eigenvalue weighted by Crippen LogP contribution is -2.06. The Kier molecular flexibility index (Phi) is 5.13. The van der Waals surface area contributed by atoms with Gasteiger partial charge in [-0.1, -0.05) is 25.5 Å². The number of hydrogen-bond donors (Lipinski definition) is 1. The average Bonchev–Trinajstić information content (AvgIpc) is 2.44. The van der Waals surface area contributed by atoms with Crippen molar-refractivity contribution in [2.75, 3.05) is 7.05 Å². The number of rotatable bonds is 6. The molecule has 0 atom stereocenters. The second-order valence-electron chi connectivity index (χ2n) is 4.99. The third-order valence-electron chi connectivity index (χ3n) is 3.14. The first-order chi connectivity index (χ1) is 9.72. The highest BCUT2D eigenvalue weighted by Crippen LogP contribution is 2.23. The predicted molar refractivity (Wildman–Crippen MR) is 82.2 cm³/mol. The van der Waals surface area contributed by atoms with Crippen LogP contribution in [0.25, 0.3) is 0 Å². The molecule has 0 aliphatic heterocycles. The molecule has 1 aromatic carbocycles. The smallest absolute Gasteiger partial charge is 0.222 e. The number of ether oxygens (including phenoxy) is 1. The van der Waals surface area contributed by atoms with Crippen LogP contribution in [-0.4, -0.2) is 12.0 Å². The number of nitrogens with zero attached hydrogens (tertiary/aromatic N) is 1. The molecule has 0 amide bonds. The van der Waals surface area contributed by atoms with Crippen LogP contribution in [-0.2, 0) is 13.0 Å². The number of benzene rings is 1. The molecule has 106 valence electrons. The fourth-order valence-corrected chi connectivity index (χ4v) is 2.15. The molecule has 20 heavy (non-hydrogen) atoms. The van der Waals surface area contributed by atoms with Crippen LogP contribution in [0, 0.1) is 6.92 Å². The summed E-state index contributed by atoms with van der Waals surface area (Å²) in [4.78, 5) is 4.39. The molecule has 0 aliphatic rings. The van der Waals surface area contributed by atoms with Gasteiger partial charge in [-0.25, -0.2) is 4.98 Å². The van der Waals surface area contributed by atoms with Crippen molar-refractivity contribution in [3.63, 3.8) is 0 Å². The van der Waals surface area contributed by atoms with Gasteiger partial charge in [0, 0.05) is 18.3 Å². The maximum absolute atomic E-state index is 5.84. The minimum atomic E-state index is 0.674. The third kappa shape index (κ3) is 3.81. The number of hydrogen-bond acceptors (Lipinski definition) is 3. The zero-order chi connectivity index (χ0) is 14.4. The minimum absolute atomic E-state index is 0.674. The molecule has 2 rings (SSSR count). The van der Waals surface area contributed by atoms with Crippen molar-refractivity contribution in [1.29, 1.82) is 0 Å². The van der Waals surface area contributed by atoms with Crippen LogP contribution in [0.5, 0.6) is 11.6 Å². The molecule has 3 heteroatoms. The van der Waals surface area contributed by atoms with E-state index < -0.39 is 0 Å². The standard InChI is InChI=1S/C17H22N2O/c1-4-5-14-6-8-16(9-7-14)20-17-13(2)10-15(11-18-3)12-19-17/h6-10,12,18H,4-5,11H2,1-3H3. The van der Waals surface area contributed by atoms with E-state index in [9.17, 15) is 0 Å². The largest absolute Gasteiger partial charge is 0.439 e. The van der Waals surface area contributed by atoms with E-state index in [-0.39, 0.29) is 0 Å². The van der Waals surface area contributed by atoms with Gasteiger partial charge in [0.25, 0.3) is 0 Å². The van der Waals surface area contributed by atoms with E-state index in [0.29, 0.717) is 5.88 Å². The number of nitrogens with one attached hydrogen (secondary N) is 1. The zero-order valence-corrected chi connectivity index (χ0v) is 12.4. The molecule has 0 spiro atoms. The fourth-order valence-electron chi connectivity index (χ4n) is 2.15. The van der Waals surface area contributed by atoms with Crippen molar-refractivity contribution in [1.82, 2.24) is 10.3 Å². The fraction of sp³-hybridized carbons (Fsp3) is 0.353. The zero-order valence-electron chi connectivity index (χ0n) is 12.4. The molecule has 0 saturated carbocycles. The first kappa shape index (κ1) is 14.5.